The highest BCUT2D eigenvalue weighted by Gasteiger charge is 2.68. The molecule has 0 unspecified atom stereocenters. The maximum atomic E-state index is 12.3. The lowest BCUT2D eigenvalue weighted by molar-refractivity contribution is -0.259. The average Bonchev–Trinajstić information content (AvgIpc) is 3.41. The molecule has 2 aliphatic heterocycles. The van der Waals surface area contributed by atoms with Crippen LogP contribution in [0, 0.1) is 5.92 Å². The van der Waals surface area contributed by atoms with E-state index >= 15 is 0 Å². The van der Waals surface area contributed by atoms with Gasteiger partial charge < -0.3 is 19.3 Å². The maximum Gasteiger partial charge on any atom is 0.169 e. The Balaban J connectivity index is 1.48. The van der Waals surface area contributed by atoms with Crippen LogP contribution in [0.25, 0.3) is 0 Å². The van der Waals surface area contributed by atoms with Gasteiger partial charge in [0.25, 0.3) is 0 Å². The normalized spacial score (nSPS) is 38.9. The van der Waals surface area contributed by atoms with Crippen LogP contribution in [0.3, 0.4) is 0 Å². The number of aliphatic hydroxyl groups is 1. The molecule has 5 heteroatoms. The van der Waals surface area contributed by atoms with Gasteiger partial charge in [0.1, 0.15) is 5.75 Å². The number of fused-ring (bicyclic) bond motifs is 1. The Hall–Kier alpha value is -1.14. The van der Waals surface area contributed by atoms with E-state index in [2.05, 4.69) is 23.1 Å². The molecular formula is C23H31NO4. The second-order valence-corrected chi connectivity index (χ2v) is 9.72. The smallest absolute Gasteiger partial charge is 0.169 e. The number of benzene rings is 1. The van der Waals surface area contributed by atoms with Crippen molar-refractivity contribution in [3.63, 3.8) is 0 Å². The molecule has 6 rings (SSSR count). The van der Waals surface area contributed by atoms with Crippen LogP contribution in [-0.2, 0) is 21.3 Å². The summed E-state index contributed by atoms with van der Waals surface area (Å²) in [7, 11) is 1.72. The Labute approximate surface area is 167 Å². The second kappa shape index (κ2) is 5.94. The molecule has 152 valence electrons. The molecule has 3 aliphatic carbocycles. The fourth-order valence-electron chi connectivity index (χ4n) is 6.77. The van der Waals surface area contributed by atoms with Gasteiger partial charge in [-0.2, -0.15) is 0 Å². The first kappa shape index (κ1) is 17.7. The number of methoxy groups -OCH3 is 1. The van der Waals surface area contributed by atoms with Crippen molar-refractivity contribution in [2.24, 2.45) is 5.92 Å². The van der Waals surface area contributed by atoms with E-state index in [1.54, 1.807) is 7.11 Å². The van der Waals surface area contributed by atoms with Crippen LogP contribution in [0.5, 0.6) is 5.75 Å². The predicted octanol–water partition coefficient (Wildman–Crippen LogP) is 2.63. The quantitative estimate of drug-likeness (QED) is 0.867. The van der Waals surface area contributed by atoms with Gasteiger partial charge >= 0.3 is 0 Å². The van der Waals surface area contributed by atoms with E-state index in [1.165, 1.54) is 24.0 Å². The Kier molecular flexibility index (Phi) is 3.76. The highest BCUT2D eigenvalue weighted by molar-refractivity contribution is 5.49. The zero-order chi connectivity index (χ0) is 19.0. The van der Waals surface area contributed by atoms with Crippen LogP contribution in [0.4, 0.5) is 0 Å². The molecule has 2 heterocycles. The van der Waals surface area contributed by atoms with Gasteiger partial charge in [-0.25, -0.2) is 0 Å². The number of piperidine rings is 1. The second-order valence-electron chi connectivity index (χ2n) is 9.72. The summed E-state index contributed by atoms with van der Waals surface area (Å²) >= 11 is 0. The van der Waals surface area contributed by atoms with E-state index in [4.69, 9.17) is 14.2 Å². The van der Waals surface area contributed by atoms with Crippen molar-refractivity contribution in [2.75, 3.05) is 33.4 Å². The van der Waals surface area contributed by atoms with Gasteiger partial charge in [0.2, 0.25) is 0 Å². The molecule has 0 aromatic heterocycles. The zero-order valence-corrected chi connectivity index (χ0v) is 16.8. The molecule has 3 atom stereocenters. The van der Waals surface area contributed by atoms with Crippen molar-refractivity contribution in [2.45, 2.75) is 67.8 Å². The molecule has 1 N–H and O–H groups in total. The Bertz CT molecular complexity index is 787. The summed E-state index contributed by atoms with van der Waals surface area (Å²) in [5.74, 6) is 1.19. The van der Waals surface area contributed by atoms with Crippen molar-refractivity contribution in [1.29, 1.82) is 0 Å². The summed E-state index contributed by atoms with van der Waals surface area (Å²) in [6.45, 7) is 3.52. The third-order valence-electron chi connectivity index (χ3n) is 8.35. The number of likely N-dealkylation sites (tertiary alicyclic amines) is 1. The molecule has 5 aliphatic rings. The lowest BCUT2D eigenvalue weighted by atomic mass is 9.48. The lowest BCUT2D eigenvalue weighted by Gasteiger charge is -2.65. The van der Waals surface area contributed by atoms with Crippen LogP contribution in [0.15, 0.2) is 18.2 Å². The van der Waals surface area contributed by atoms with Gasteiger partial charge in [0.15, 0.2) is 5.79 Å². The van der Waals surface area contributed by atoms with Crippen LogP contribution in [-0.4, -0.2) is 60.8 Å². The van der Waals surface area contributed by atoms with E-state index in [0.717, 1.165) is 56.9 Å². The van der Waals surface area contributed by atoms with E-state index in [1.807, 2.05) is 0 Å². The minimum absolute atomic E-state index is 0.196. The molecule has 5 nitrogen and oxygen atoms in total. The van der Waals surface area contributed by atoms with Crippen LogP contribution >= 0.6 is 0 Å². The minimum Gasteiger partial charge on any atom is -0.497 e. The molecule has 0 amide bonds. The van der Waals surface area contributed by atoms with Crippen LogP contribution in [0.1, 0.15) is 49.7 Å². The Morgan fingerprint density at radius 3 is 2.75 bits per heavy atom. The SMILES string of the molecule is COc1ccc2c(c1)[C@]13CCN(CC4CC4)[C@H](C2)[C@]1(O)CCC1(C3)OCCO1. The molecule has 1 aromatic carbocycles. The van der Waals surface area contributed by atoms with Crippen LogP contribution < -0.4 is 4.74 Å². The summed E-state index contributed by atoms with van der Waals surface area (Å²) in [5.41, 5.74) is 1.60. The van der Waals surface area contributed by atoms with Gasteiger partial charge in [0.05, 0.1) is 25.9 Å². The highest BCUT2D eigenvalue weighted by atomic mass is 16.7. The van der Waals surface area contributed by atoms with Gasteiger partial charge in [-0.3, -0.25) is 4.90 Å². The number of hydrogen-bond donors (Lipinski definition) is 1. The molecular weight excluding hydrogens is 354 g/mol. The van der Waals surface area contributed by atoms with E-state index in [-0.39, 0.29) is 11.5 Å². The molecule has 1 spiro atoms. The van der Waals surface area contributed by atoms with Crippen molar-refractivity contribution in [3.05, 3.63) is 29.3 Å². The largest absolute Gasteiger partial charge is 0.497 e. The van der Waals surface area contributed by atoms with Gasteiger partial charge in [-0.15, -0.1) is 0 Å². The molecule has 2 saturated heterocycles. The first-order valence-corrected chi connectivity index (χ1v) is 11.0. The molecule has 2 saturated carbocycles. The fraction of sp³-hybridized carbons (Fsp3) is 0.739. The summed E-state index contributed by atoms with van der Waals surface area (Å²) in [4.78, 5) is 2.61. The third-order valence-corrected chi connectivity index (χ3v) is 8.35. The van der Waals surface area contributed by atoms with Crippen molar-refractivity contribution >= 4 is 0 Å². The monoisotopic (exact) mass is 385 g/mol. The standard InChI is InChI=1S/C23H31NO4/c1-26-18-5-4-17-12-20-23(25)7-6-22(27-10-11-28-22)15-21(23,19(17)13-18)8-9-24(20)14-16-2-3-16/h4-5,13,16,20,25H,2-3,6-12,14-15H2,1H3/t20-,21-,23-/m1/s1. The van der Waals surface area contributed by atoms with Crippen molar-refractivity contribution in [1.82, 2.24) is 4.90 Å². The van der Waals surface area contributed by atoms with E-state index < -0.39 is 11.4 Å². The lowest BCUT2D eigenvalue weighted by Crippen LogP contribution is -2.75. The topological polar surface area (TPSA) is 51.2 Å². The minimum atomic E-state index is -0.722. The Morgan fingerprint density at radius 1 is 1.18 bits per heavy atom. The van der Waals surface area contributed by atoms with Gasteiger partial charge in [0, 0.05) is 30.8 Å². The first-order chi connectivity index (χ1) is 13.6. The molecule has 4 fully saturated rings. The third kappa shape index (κ3) is 2.33. The molecule has 0 radical (unpaired) electrons. The summed E-state index contributed by atoms with van der Waals surface area (Å²) in [6, 6.07) is 6.67. The number of nitrogens with zero attached hydrogens (tertiary/aromatic N) is 1. The summed E-state index contributed by atoms with van der Waals surface area (Å²) in [5, 5.41) is 12.3. The van der Waals surface area contributed by atoms with Crippen molar-refractivity contribution in [3.8, 4) is 5.75 Å². The van der Waals surface area contributed by atoms with Crippen molar-refractivity contribution < 1.29 is 19.3 Å². The average molecular weight is 386 g/mol. The predicted molar refractivity (Wildman–Crippen MR) is 105 cm³/mol. The number of hydrogen-bond acceptors (Lipinski definition) is 5. The van der Waals surface area contributed by atoms with E-state index in [9.17, 15) is 5.11 Å². The maximum absolute atomic E-state index is 12.3. The van der Waals surface area contributed by atoms with Gasteiger partial charge in [-0.05, 0) is 67.8 Å². The fourth-order valence-corrected chi connectivity index (χ4v) is 6.77. The number of ether oxygens (including phenoxy) is 3. The summed E-state index contributed by atoms with van der Waals surface area (Å²) < 4.78 is 17.9. The molecule has 2 bridgehead atoms. The molecule has 1 aromatic rings. The summed E-state index contributed by atoms with van der Waals surface area (Å²) in [6.07, 6.45) is 6.88. The zero-order valence-electron chi connectivity index (χ0n) is 16.8. The van der Waals surface area contributed by atoms with Crippen LogP contribution in [0.2, 0.25) is 0 Å². The first-order valence-electron chi connectivity index (χ1n) is 11.0. The Morgan fingerprint density at radius 2 is 2.00 bits per heavy atom. The van der Waals surface area contributed by atoms with E-state index in [0.29, 0.717) is 13.2 Å². The molecule has 28 heavy (non-hydrogen) atoms. The highest BCUT2D eigenvalue weighted by Crippen LogP contribution is 2.61. The van der Waals surface area contributed by atoms with Gasteiger partial charge in [-0.1, -0.05) is 6.07 Å². The number of rotatable bonds is 3.